The maximum Gasteiger partial charge on any atom is 0.303 e. The number of rotatable bonds is 6. The fraction of sp³-hybridized carbons (Fsp3) is 0.923. The minimum Gasteiger partial charge on any atom is -0.481 e. The Balaban J connectivity index is 2.10. The summed E-state index contributed by atoms with van der Waals surface area (Å²) in [6.07, 6.45) is 6.03. The summed E-state index contributed by atoms with van der Waals surface area (Å²) in [5.41, 5.74) is 0.553. The zero-order chi connectivity index (χ0) is 12.0. The van der Waals surface area contributed by atoms with Gasteiger partial charge in [0.1, 0.15) is 0 Å². The first-order valence-corrected chi connectivity index (χ1v) is 6.50. The summed E-state index contributed by atoms with van der Waals surface area (Å²) in [7, 11) is 0. The Bertz CT molecular complexity index is 220. The van der Waals surface area contributed by atoms with E-state index >= 15 is 0 Å². The molecule has 0 bridgehead atoms. The molecule has 1 heterocycles. The van der Waals surface area contributed by atoms with E-state index in [0.717, 1.165) is 19.4 Å². The first kappa shape index (κ1) is 13.5. The molecule has 1 saturated heterocycles. The Labute approximate surface area is 98.8 Å². The molecule has 0 radical (unpaired) electrons. The summed E-state index contributed by atoms with van der Waals surface area (Å²) < 4.78 is 0. The zero-order valence-electron chi connectivity index (χ0n) is 10.7. The average molecular weight is 227 g/mol. The lowest BCUT2D eigenvalue weighted by atomic mass is 9.78. The largest absolute Gasteiger partial charge is 0.481 e. The lowest BCUT2D eigenvalue weighted by Crippen LogP contribution is -2.38. The SMILES string of the molecule is CCC1(C)CCN(CCCCC(=O)O)CC1. The van der Waals surface area contributed by atoms with Crippen LogP contribution >= 0.6 is 0 Å². The van der Waals surface area contributed by atoms with Gasteiger partial charge in [-0.05, 0) is 50.7 Å². The van der Waals surface area contributed by atoms with E-state index < -0.39 is 5.97 Å². The summed E-state index contributed by atoms with van der Waals surface area (Å²) >= 11 is 0. The smallest absolute Gasteiger partial charge is 0.303 e. The van der Waals surface area contributed by atoms with E-state index in [0.29, 0.717) is 11.8 Å². The third-order valence-corrected chi connectivity index (χ3v) is 4.03. The van der Waals surface area contributed by atoms with Gasteiger partial charge in [0.05, 0.1) is 0 Å². The van der Waals surface area contributed by atoms with Crippen molar-refractivity contribution in [2.24, 2.45) is 5.41 Å². The first-order valence-electron chi connectivity index (χ1n) is 6.50. The highest BCUT2D eigenvalue weighted by molar-refractivity contribution is 5.66. The molecule has 0 saturated carbocycles. The van der Waals surface area contributed by atoms with Gasteiger partial charge in [0.15, 0.2) is 0 Å². The monoisotopic (exact) mass is 227 g/mol. The highest BCUT2D eigenvalue weighted by Gasteiger charge is 2.27. The molecule has 0 aromatic heterocycles. The topological polar surface area (TPSA) is 40.5 Å². The lowest BCUT2D eigenvalue weighted by molar-refractivity contribution is -0.137. The maximum atomic E-state index is 10.4. The molecule has 0 aromatic carbocycles. The van der Waals surface area contributed by atoms with Crippen molar-refractivity contribution < 1.29 is 9.90 Å². The lowest BCUT2D eigenvalue weighted by Gasteiger charge is -2.38. The summed E-state index contributed by atoms with van der Waals surface area (Å²) in [5, 5.41) is 8.54. The van der Waals surface area contributed by atoms with Crippen molar-refractivity contribution in [2.45, 2.75) is 52.4 Å². The molecule has 0 spiro atoms. The van der Waals surface area contributed by atoms with Crippen LogP contribution < -0.4 is 0 Å². The number of carboxylic acid groups (broad SMARTS) is 1. The Morgan fingerprint density at radius 2 is 1.94 bits per heavy atom. The molecule has 0 unspecified atom stereocenters. The van der Waals surface area contributed by atoms with Crippen molar-refractivity contribution >= 4 is 5.97 Å². The van der Waals surface area contributed by atoms with Crippen LogP contribution in [0, 0.1) is 5.41 Å². The highest BCUT2D eigenvalue weighted by Crippen LogP contribution is 2.33. The second-order valence-corrected chi connectivity index (χ2v) is 5.36. The maximum absolute atomic E-state index is 10.4. The van der Waals surface area contributed by atoms with Crippen LogP contribution in [0.25, 0.3) is 0 Å². The van der Waals surface area contributed by atoms with Crippen molar-refractivity contribution in [3.05, 3.63) is 0 Å². The minimum atomic E-state index is -0.669. The predicted octanol–water partition coefficient (Wildman–Crippen LogP) is 2.75. The molecule has 1 aliphatic rings. The molecular formula is C13H25NO2. The zero-order valence-corrected chi connectivity index (χ0v) is 10.7. The van der Waals surface area contributed by atoms with E-state index in [2.05, 4.69) is 18.7 Å². The van der Waals surface area contributed by atoms with Crippen LogP contribution in [0.3, 0.4) is 0 Å². The van der Waals surface area contributed by atoms with E-state index in [4.69, 9.17) is 5.11 Å². The number of piperidine rings is 1. The number of hydrogen-bond donors (Lipinski definition) is 1. The van der Waals surface area contributed by atoms with E-state index in [1.54, 1.807) is 0 Å². The van der Waals surface area contributed by atoms with Gasteiger partial charge in [-0.2, -0.15) is 0 Å². The molecule has 3 nitrogen and oxygen atoms in total. The molecule has 1 rings (SSSR count). The molecule has 0 aromatic rings. The minimum absolute atomic E-state index is 0.320. The third kappa shape index (κ3) is 4.52. The number of carbonyl (C=O) groups is 1. The number of aliphatic carboxylic acids is 1. The molecule has 0 amide bonds. The van der Waals surface area contributed by atoms with Gasteiger partial charge in [-0.1, -0.05) is 20.3 Å². The predicted molar refractivity (Wildman–Crippen MR) is 65.6 cm³/mol. The fourth-order valence-corrected chi connectivity index (χ4v) is 2.28. The van der Waals surface area contributed by atoms with Crippen molar-refractivity contribution in [3.63, 3.8) is 0 Å². The first-order chi connectivity index (χ1) is 7.56. The van der Waals surface area contributed by atoms with Crippen molar-refractivity contribution in [1.29, 1.82) is 0 Å². The van der Waals surface area contributed by atoms with Gasteiger partial charge < -0.3 is 10.0 Å². The fourth-order valence-electron chi connectivity index (χ4n) is 2.28. The van der Waals surface area contributed by atoms with Gasteiger partial charge in [0.2, 0.25) is 0 Å². The molecule has 0 aliphatic carbocycles. The van der Waals surface area contributed by atoms with E-state index in [1.807, 2.05) is 0 Å². The van der Waals surface area contributed by atoms with E-state index in [9.17, 15) is 4.79 Å². The Morgan fingerprint density at radius 3 is 2.44 bits per heavy atom. The molecule has 0 atom stereocenters. The van der Waals surface area contributed by atoms with Gasteiger partial charge in [-0.25, -0.2) is 0 Å². The van der Waals surface area contributed by atoms with E-state index in [-0.39, 0.29) is 0 Å². The summed E-state index contributed by atoms with van der Waals surface area (Å²) in [6, 6.07) is 0. The molecule has 1 aliphatic heterocycles. The number of carboxylic acids is 1. The molecule has 16 heavy (non-hydrogen) atoms. The quantitative estimate of drug-likeness (QED) is 0.709. The van der Waals surface area contributed by atoms with Crippen LogP contribution in [0.4, 0.5) is 0 Å². The van der Waals surface area contributed by atoms with Crippen LogP contribution in [-0.4, -0.2) is 35.6 Å². The third-order valence-electron chi connectivity index (χ3n) is 4.03. The van der Waals surface area contributed by atoms with Gasteiger partial charge >= 0.3 is 5.97 Å². The second-order valence-electron chi connectivity index (χ2n) is 5.36. The summed E-state index contributed by atoms with van der Waals surface area (Å²) in [4.78, 5) is 12.8. The second kappa shape index (κ2) is 6.24. The molecule has 1 N–H and O–H groups in total. The number of unbranched alkanes of at least 4 members (excludes halogenated alkanes) is 1. The van der Waals surface area contributed by atoms with E-state index in [1.165, 1.54) is 32.4 Å². The van der Waals surface area contributed by atoms with Gasteiger partial charge in [-0.3, -0.25) is 4.79 Å². The summed E-state index contributed by atoms with van der Waals surface area (Å²) in [5.74, 6) is -0.669. The Hall–Kier alpha value is -0.570. The molecule has 94 valence electrons. The number of likely N-dealkylation sites (tertiary alicyclic amines) is 1. The molecule has 3 heteroatoms. The Kier molecular flexibility index (Phi) is 5.26. The van der Waals surface area contributed by atoms with Crippen molar-refractivity contribution in [2.75, 3.05) is 19.6 Å². The van der Waals surface area contributed by atoms with Gasteiger partial charge in [0, 0.05) is 6.42 Å². The number of hydrogen-bond acceptors (Lipinski definition) is 2. The van der Waals surface area contributed by atoms with Crippen molar-refractivity contribution in [1.82, 2.24) is 4.90 Å². The van der Waals surface area contributed by atoms with Crippen LogP contribution in [0.15, 0.2) is 0 Å². The van der Waals surface area contributed by atoms with Crippen LogP contribution in [0.2, 0.25) is 0 Å². The molecular weight excluding hydrogens is 202 g/mol. The highest BCUT2D eigenvalue weighted by atomic mass is 16.4. The standard InChI is InChI=1S/C13H25NO2/c1-3-13(2)7-10-14(11-8-13)9-5-4-6-12(15)16/h3-11H2,1-2H3,(H,15,16). The normalized spacial score (nSPS) is 20.9. The van der Waals surface area contributed by atoms with Crippen LogP contribution in [0.5, 0.6) is 0 Å². The van der Waals surface area contributed by atoms with Crippen LogP contribution in [-0.2, 0) is 4.79 Å². The van der Waals surface area contributed by atoms with Crippen LogP contribution in [0.1, 0.15) is 52.4 Å². The Morgan fingerprint density at radius 1 is 1.31 bits per heavy atom. The van der Waals surface area contributed by atoms with Crippen molar-refractivity contribution in [3.8, 4) is 0 Å². The average Bonchev–Trinajstić information content (AvgIpc) is 2.27. The van der Waals surface area contributed by atoms with Gasteiger partial charge in [0.25, 0.3) is 0 Å². The number of nitrogens with zero attached hydrogens (tertiary/aromatic N) is 1. The summed E-state index contributed by atoms with van der Waals surface area (Å²) in [6.45, 7) is 8.12. The van der Waals surface area contributed by atoms with Gasteiger partial charge in [-0.15, -0.1) is 0 Å². The molecule has 1 fully saturated rings.